The Bertz CT molecular complexity index is 975. The van der Waals surface area contributed by atoms with Gasteiger partial charge in [-0.1, -0.05) is 60.7 Å². The lowest BCUT2D eigenvalue weighted by atomic mass is 10.1. The van der Waals surface area contributed by atoms with E-state index in [1.54, 1.807) is 36.4 Å². The minimum absolute atomic E-state index is 0.432. The van der Waals surface area contributed by atoms with Crippen LogP contribution >= 0.6 is 0 Å². The van der Waals surface area contributed by atoms with Gasteiger partial charge in [0.15, 0.2) is 17.6 Å². The van der Waals surface area contributed by atoms with E-state index in [2.05, 4.69) is 10.5 Å². The highest BCUT2D eigenvalue weighted by atomic mass is 16.5. The van der Waals surface area contributed by atoms with Crippen molar-refractivity contribution < 1.29 is 19.4 Å². The molecular weight excluding hydrogens is 380 g/mol. The Kier molecular flexibility index (Phi) is 7.58. The fraction of sp³-hybridized carbons (Fsp3) is 0.167. The molecule has 0 fully saturated rings. The molecule has 0 aliphatic rings. The van der Waals surface area contributed by atoms with E-state index in [9.17, 15) is 9.90 Å². The van der Waals surface area contributed by atoms with Gasteiger partial charge in [-0.15, -0.1) is 0 Å². The second-order valence-electron chi connectivity index (χ2n) is 6.46. The Labute approximate surface area is 175 Å². The maximum absolute atomic E-state index is 12.1. The van der Waals surface area contributed by atoms with Crippen molar-refractivity contribution in [3.63, 3.8) is 0 Å². The summed E-state index contributed by atoms with van der Waals surface area (Å²) in [5.41, 5.74) is 4.64. The molecule has 0 spiro atoms. The van der Waals surface area contributed by atoms with Crippen molar-refractivity contribution in [1.82, 2.24) is 5.43 Å². The Balaban J connectivity index is 1.62. The fourth-order valence-corrected chi connectivity index (χ4v) is 2.75. The Morgan fingerprint density at radius 1 is 1.00 bits per heavy atom. The number of rotatable bonds is 9. The molecular formula is C24H24N2O4. The Morgan fingerprint density at radius 2 is 1.70 bits per heavy atom. The number of benzene rings is 3. The number of hydrogen-bond acceptors (Lipinski definition) is 5. The van der Waals surface area contributed by atoms with Gasteiger partial charge in [0, 0.05) is 0 Å². The van der Waals surface area contributed by atoms with Crippen molar-refractivity contribution in [1.29, 1.82) is 0 Å². The molecule has 3 aromatic carbocycles. The van der Waals surface area contributed by atoms with Crippen LogP contribution in [0.3, 0.4) is 0 Å². The van der Waals surface area contributed by atoms with E-state index in [1.807, 2.05) is 49.4 Å². The minimum Gasteiger partial charge on any atom is -0.490 e. The number of hydrogen-bond donors (Lipinski definition) is 2. The molecule has 0 aromatic heterocycles. The van der Waals surface area contributed by atoms with Gasteiger partial charge in [0.1, 0.15) is 6.61 Å². The number of aliphatic hydroxyl groups excluding tert-OH is 1. The van der Waals surface area contributed by atoms with Crippen LogP contribution in [0.15, 0.2) is 84.0 Å². The lowest BCUT2D eigenvalue weighted by Gasteiger charge is -2.12. The quantitative estimate of drug-likeness (QED) is 0.419. The van der Waals surface area contributed by atoms with Crippen LogP contribution in [0.2, 0.25) is 0 Å². The molecule has 3 rings (SSSR count). The number of carbonyl (C=O) groups excluding carboxylic acids is 1. The first-order chi connectivity index (χ1) is 14.7. The number of carbonyl (C=O) groups is 1. The van der Waals surface area contributed by atoms with Crippen LogP contribution in [0.1, 0.15) is 29.7 Å². The van der Waals surface area contributed by atoms with Gasteiger partial charge in [-0.05, 0) is 41.8 Å². The van der Waals surface area contributed by atoms with Gasteiger partial charge in [0.05, 0.1) is 12.8 Å². The molecule has 0 saturated carbocycles. The maximum Gasteiger partial charge on any atom is 0.273 e. The minimum atomic E-state index is -1.28. The molecule has 0 aliphatic carbocycles. The Morgan fingerprint density at radius 3 is 2.40 bits per heavy atom. The summed E-state index contributed by atoms with van der Waals surface area (Å²) in [6.07, 6.45) is 0.204. The van der Waals surface area contributed by atoms with Gasteiger partial charge in [0.2, 0.25) is 0 Å². The number of nitrogens with one attached hydrogen (secondary N) is 1. The van der Waals surface area contributed by atoms with Crippen molar-refractivity contribution in [2.45, 2.75) is 19.6 Å². The smallest absolute Gasteiger partial charge is 0.273 e. The summed E-state index contributed by atoms with van der Waals surface area (Å²) >= 11 is 0. The van der Waals surface area contributed by atoms with E-state index in [1.165, 1.54) is 6.21 Å². The Hall–Kier alpha value is -3.64. The zero-order valence-electron chi connectivity index (χ0n) is 16.7. The molecule has 6 heteroatoms. The largest absolute Gasteiger partial charge is 0.490 e. The monoisotopic (exact) mass is 404 g/mol. The highest BCUT2D eigenvalue weighted by Gasteiger charge is 2.16. The maximum atomic E-state index is 12.1. The van der Waals surface area contributed by atoms with Crippen LogP contribution < -0.4 is 14.9 Å². The summed E-state index contributed by atoms with van der Waals surface area (Å²) < 4.78 is 11.6. The third-order valence-electron chi connectivity index (χ3n) is 4.26. The molecule has 6 nitrogen and oxygen atoms in total. The molecule has 2 N–H and O–H groups in total. The molecule has 1 atom stereocenters. The van der Waals surface area contributed by atoms with Crippen molar-refractivity contribution in [2.24, 2.45) is 5.10 Å². The van der Waals surface area contributed by atoms with Crippen LogP contribution in [0.4, 0.5) is 0 Å². The third kappa shape index (κ3) is 5.93. The van der Waals surface area contributed by atoms with Crippen LogP contribution in [-0.2, 0) is 11.4 Å². The van der Waals surface area contributed by atoms with Gasteiger partial charge in [-0.3, -0.25) is 4.79 Å². The van der Waals surface area contributed by atoms with Crippen molar-refractivity contribution >= 4 is 12.1 Å². The van der Waals surface area contributed by atoms with Gasteiger partial charge >= 0.3 is 0 Å². The number of aliphatic hydroxyl groups is 1. The second-order valence-corrected chi connectivity index (χ2v) is 6.46. The molecule has 0 saturated heterocycles. The topological polar surface area (TPSA) is 80.2 Å². The first-order valence-electron chi connectivity index (χ1n) is 9.67. The highest BCUT2D eigenvalue weighted by Crippen LogP contribution is 2.29. The molecule has 0 unspecified atom stereocenters. The summed E-state index contributed by atoms with van der Waals surface area (Å²) in [7, 11) is 0. The van der Waals surface area contributed by atoms with Gasteiger partial charge in [-0.2, -0.15) is 5.10 Å². The summed E-state index contributed by atoms with van der Waals surface area (Å²) in [5.74, 6) is 0.611. The molecule has 0 radical (unpaired) electrons. The lowest BCUT2D eigenvalue weighted by molar-refractivity contribution is -0.129. The van der Waals surface area contributed by atoms with Gasteiger partial charge in [-0.25, -0.2) is 5.43 Å². The van der Waals surface area contributed by atoms with Crippen LogP contribution in [0.5, 0.6) is 11.5 Å². The molecule has 1 amide bonds. The molecule has 0 bridgehead atoms. The van der Waals surface area contributed by atoms with E-state index >= 15 is 0 Å². The third-order valence-corrected chi connectivity index (χ3v) is 4.26. The average molecular weight is 404 g/mol. The summed E-state index contributed by atoms with van der Waals surface area (Å²) in [6, 6.07) is 24.0. The lowest BCUT2D eigenvalue weighted by Crippen LogP contribution is -2.25. The van der Waals surface area contributed by atoms with Crippen molar-refractivity contribution in [3.05, 3.63) is 95.6 Å². The van der Waals surface area contributed by atoms with Gasteiger partial charge < -0.3 is 14.6 Å². The van der Waals surface area contributed by atoms with Crippen LogP contribution in [0, 0.1) is 0 Å². The fourth-order valence-electron chi connectivity index (χ4n) is 2.75. The van der Waals surface area contributed by atoms with E-state index < -0.39 is 12.0 Å². The average Bonchev–Trinajstić information content (AvgIpc) is 2.79. The standard InChI is InChI=1S/C24H24N2O4/c1-2-29-22-15-19(13-14-21(22)30-17-18-9-5-3-6-10-18)16-25-26-24(28)23(27)20-11-7-4-8-12-20/h3-16,23,27H,2,17H2,1H3,(H,26,28)/b25-16-/t23-/m1/s1. The first kappa shape index (κ1) is 21.1. The molecule has 0 aliphatic heterocycles. The predicted molar refractivity (Wildman–Crippen MR) is 116 cm³/mol. The van der Waals surface area contributed by atoms with E-state index in [4.69, 9.17) is 9.47 Å². The van der Waals surface area contributed by atoms with Gasteiger partial charge in [0.25, 0.3) is 5.91 Å². The first-order valence-corrected chi connectivity index (χ1v) is 9.67. The zero-order chi connectivity index (χ0) is 21.2. The normalized spacial score (nSPS) is 11.8. The highest BCUT2D eigenvalue weighted by molar-refractivity contribution is 5.85. The van der Waals surface area contributed by atoms with Crippen molar-refractivity contribution in [2.75, 3.05) is 6.61 Å². The number of hydrazone groups is 1. The summed E-state index contributed by atoms with van der Waals surface area (Å²) in [6.45, 7) is 2.82. The van der Waals surface area contributed by atoms with Crippen LogP contribution in [-0.4, -0.2) is 23.8 Å². The second kappa shape index (κ2) is 10.8. The zero-order valence-corrected chi connectivity index (χ0v) is 16.7. The van der Waals surface area contributed by atoms with E-state index in [0.717, 1.165) is 11.1 Å². The molecule has 3 aromatic rings. The molecule has 30 heavy (non-hydrogen) atoms. The SMILES string of the molecule is CCOc1cc(/C=N\NC(=O)[C@H](O)c2ccccc2)ccc1OCc1ccccc1. The predicted octanol–water partition coefficient (Wildman–Crippen LogP) is 3.85. The van der Waals surface area contributed by atoms with E-state index in [0.29, 0.717) is 30.3 Å². The number of nitrogens with zero attached hydrogens (tertiary/aromatic N) is 1. The molecule has 154 valence electrons. The molecule has 0 heterocycles. The summed E-state index contributed by atoms with van der Waals surface area (Å²) in [5, 5.41) is 14.0. The van der Waals surface area contributed by atoms with Crippen molar-refractivity contribution in [3.8, 4) is 11.5 Å². The van der Waals surface area contributed by atoms with E-state index in [-0.39, 0.29) is 0 Å². The number of amides is 1. The number of ether oxygens (including phenoxy) is 2. The van der Waals surface area contributed by atoms with Crippen LogP contribution in [0.25, 0.3) is 0 Å². The summed E-state index contributed by atoms with van der Waals surface area (Å²) in [4.78, 5) is 12.1.